The van der Waals surface area contributed by atoms with Crippen molar-refractivity contribution in [2.45, 2.75) is 58.0 Å². The molecule has 0 aromatic carbocycles. The average Bonchev–Trinajstić information content (AvgIpc) is 2.78. The van der Waals surface area contributed by atoms with Gasteiger partial charge < -0.3 is 4.74 Å². The van der Waals surface area contributed by atoms with Crippen molar-refractivity contribution < 1.29 is 40.3 Å². The van der Waals surface area contributed by atoms with Crippen LogP contribution in [-0.4, -0.2) is 28.9 Å². The van der Waals surface area contributed by atoms with Gasteiger partial charge in [-0.2, -0.15) is 26.3 Å². The first kappa shape index (κ1) is 27.3. The van der Waals surface area contributed by atoms with Crippen LogP contribution in [0.4, 0.5) is 41.3 Å². The molecule has 2 aromatic heterocycles. The lowest BCUT2D eigenvalue weighted by molar-refractivity contribution is -0.206. The average molecular weight is 495 g/mol. The maximum absolute atomic E-state index is 13.2. The summed E-state index contributed by atoms with van der Waals surface area (Å²) in [6.07, 6.45) is -7.39. The molecule has 3 rings (SSSR count). The third kappa shape index (κ3) is 7.04. The smallest absolute Gasteiger partial charge is 0.430 e. The molecule has 0 bridgehead atoms. The van der Waals surface area contributed by atoms with Crippen LogP contribution in [0, 0.1) is 5.92 Å². The fourth-order valence-corrected chi connectivity index (χ4v) is 3.22. The summed E-state index contributed by atoms with van der Waals surface area (Å²) in [4.78, 5) is 18.6. The minimum absolute atomic E-state index is 0.128. The number of pyridine rings is 2. The monoisotopic (exact) mass is 495 g/mol. The van der Waals surface area contributed by atoms with E-state index in [0.29, 0.717) is 18.1 Å². The number of nitrogens with zero attached hydrogens (tertiary/aromatic N) is 2. The first-order valence-corrected chi connectivity index (χ1v) is 10.5. The second-order valence-electron chi connectivity index (χ2n) is 7.57. The van der Waals surface area contributed by atoms with Crippen LogP contribution >= 0.6 is 0 Å². The van der Waals surface area contributed by atoms with E-state index in [1.807, 2.05) is 5.32 Å². The molecule has 2 atom stereocenters. The van der Waals surface area contributed by atoms with Gasteiger partial charge in [-0.15, -0.1) is 0 Å². The topological polar surface area (TPSA) is 64.1 Å². The first-order valence-electron chi connectivity index (χ1n) is 10.5. The number of anilines is 1. The minimum Gasteiger partial charge on any atom is -0.431 e. The molecule has 1 aliphatic heterocycles. The Hall–Kier alpha value is -2.92. The number of ether oxygens (including phenoxy) is 1. The van der Waals surface area contributed by atoms with Crippen molar-refractivity contribution in [2.75, 3.05) is 12.0 Å². The number of rotatable bonds is 6. The Bertz CT molecular complexity index is 960. The Kier molecular flexibility index (Phi) is 9.22. The Morgan fingerprint density at radius 2 is 1.76 bits per heavy atom. The first-order chi connectivity index (χ1) is 15.9. The van der Waals surface area contributed by atoms with Gasteiger partial charge in [0, 0.05) is 18.0 Å². The van der Waals surface area contributed by atoms with Crippen molar-refractivity contribution in [3.05, 3.63) is 41.7 Å². The van der Waals surface area contributed by atoms with Gasteiger partial charge in [0.05, 0.1) is 23.5 Å². The van der Waals surface area contributed by atoms with Crippen molar-refractivity contribution in [2.24, 2.45) is 5.92 Å². The third-order valence-corrected chi connectivity index (χ3v) is 5.12. The molecule has 5 nitrogen and oxygen atoms in total. The molecule has 2 unspecified atom stereocenters. The quantitative estimate of drug-likeness (QED) is 0.422. The van der Waals surface area contributed by atoms with Crippen LogP contribution in [0.2, 0.25) is 0 Å². The molecule has 34 heavy (non-hydrogen) atoms. The van der Waals surface area contributed by atoms with Crippen LogP contribution in [0.1, 0.15) is 56.8 Å². The second-order valence-corrected chi connectivity index (χ2v) is 7.57. The number of cyclic esters (lactones) is 1. The molecule has 0 saturated heterocycles. The summed E-state index contributed by atoms with van der Waals surface area (Å²) < 4.78 is 94.4. The molecule has 1 aliphatic rings. The van der Waals surface area contributed by atoms with E-state index >= 15 is 0 Å². The predicted molar refractivity (Wildman–Crippen MR) is 111 cm³/mol. The molecule has 1 amide bonds. The largest absolute Gasteiger partial charge is 0.431 e. The predicted octanol–water partition coefficient (Wildman–Crippen LogP) is 7.50. The zero-order chi connectivity index (χ0) is 25.5. The number of nitrogens with one attached hydrogen (secondary N) is 1. The van der Waals surface area contributed by atoms with Gasteiger partial charge in [0.2, 0.25) is 6.10 Å². The number of hydrogen-bond acceptors (Lipinski definition) is 4. The summed E-state index contributed by atoms with van der Waals surface area (Å²) in [5.74, 6) is -0.111. The molecule has 0 fully saturated rings. The van der Waals surface area contributed by atoms with Gasteiger partial charge in [-0.3, -0.25) is 14.7 Å². The van der Waals surface area contributed by atoms with Crippen LogP contribution in [-0.2, 0) is 10.9 Å². The van der Waals surface area contributed by atoms with Gasteiger partial charge in [-0.1, -0.05) is 33.1 Å². The van der Waals surface area contributed by atoms with E-state index in [2.05, 4.69) is 28.6 Å². The number of aromatic nitrogens is 2. The van der Waals surface area contributed by atoms with Crippen molar-refractivity contribution in [3.8, 4) is 11.3 Å². The number of halogens is 7. The van der Waals surface area contributed by atoms with Gasteiger partial charge in [0.15, 0.2) is 0 Å². The van der Waals surface area contributed by atoms with Crippen molar-refractivity contribution >= 4 is 11.9 Å². The second kappa shape index (κ2) is 11.5. The van der Waals surface area contributed by atoms with E-state index in [9.17, 15) is 35.5 Å². The van der Waals surface area contributed by atoms with Crippen molar-refractivity contribution in [1.82, 2.24) is 9.97 Å². The lowest BCUT2D eigenvalue weighted by Gasteiger charge is -2.28. The number of hydrogen-bond donors (Lipinski definition) is 1. The van der Waals surface area contributed by atoms with Crippen molar-refractivity contribution in [1.29, 1.82) is 0 Å². The van der Waals surface area contributed by atoms with Gasteiger partial charge >= 0.3 is 18.4 Å². The van der Waals surface area contributed by atoms with Crippen LogP contribution < -0.4 is 5.32 Å². The molecule has 0 saturated carbocycles. The van der Waals surface area contributed by atoms with E-state index in [1.54, 1.807) is 0 Å². The Morgan fingerprint density at radius 3 is 2.32 bits per heavy atom. The molecule has 0 spiro atoms. The Balaban J connectivity index is 0.000000387. The molecule has 188 valence electrons. The van der Waals surface area contributed by atoms with Gasteiger partial charge in [-0.25, -0.2) is 9.78 Å². The zero-order valence-corrected chi connectivity index (χ0v) is 18.4. The van der Waals surface area contributed by atoms with Crippen molar-refractivity contribution in [3.63, 3.8) is 0 Å². The van der Waals surface area contributed by atoms with E-state index in [0.717, 1.165) is 31.3 Å². The third-order valence-electron chi connectivity index (χ3n) is 5.12. The molecule has 3 heterocycles. The van der Waals surface area contributed by atoms with Crippen LogP contribution in [0.15, 0.2) is 30.6 Å². The zero-order valence-electron chi connectivity index (χ0n) is 18.4. The van der Waals surface area contributed by atoms with Crippen LogP contribution in [0.5, 0.6) is 0 Å². The number of carbonyl (C=O) groups is 1. The molecular formula is C22H24F7N3O2. The lowest BCUT2D eigenvalue weighted by Crippen LogP contribution is -2.34. The summed E-state index contributed by atoms with van der Waals surface area (Å²) in [7, 11) is 0. The van der Waals surface area contributed by atoms with Crippen LogP contribution in [0.25, 0.3) is 11.3 Å². The number of amides is 1. The molecule has 12 heteroatoms. The highest BCUT2D eigenvalue weighted by molar-refractivity contribution is 5.89. The normalized spacial score (nSPS) is 16.5. The highest BCUT2D eigenvalue weighted by atomic mass is 19.4. The molecular weight excluding hydrogens is 471 g/mol. The number of unbranched alkanes of at least 4 members (excludes halogenated alkanes) is 1. The lowest BCUT2D eigenvalue weighted by atomic mass is 9.98. The summed E-state index contributed by atoms with van der Waals surface area (Å²) in [6.45, 7) is 4.07. The molecule has 2 aromatic rings. The summed E-state index contributed by atoms with van der Waals surface area (Å²) in [5, 5.41) is 1.99. The molecule has 1 N–H and O–H groups in total. The fraction of sp³-hybridized carbons (Fsp3) is 0.500. The number of carbonyl (C=O) groups excluding carboxylic acids is 1. The van der Waals surface area contributed by atoms with Gasteiger partial charge in [0.1, 0.15) is 5.82 Å². The number of fused-ring (bicyclic) bond motifs is 1. The van der Waals surface area contributed by atoms with E-state index in [1.165, 1.54) is 12.8 Å². The maximum atomic E-state index is 13.2. The minimum atomic E-state index is -4.98. The fourth-order valence-electron chi connectivity index (χ4n) is 3.22. The number of alkyl halides is 7. The van der Waals surface area contributed by atoms with Gasteiger partial charge in [-0.05, 0) is 30.5 Å². The standard InChI is InChI=1S/C14H7F6N3O2.C8H17F/c15-13(16,17)6-1-3-21-8(5-6)7-2-4-22-11-9(7)10(14(18,19)20)25-12(24)23-11;1-3-5-6-8(4-2)7-9/h1-5,10H,(H,22,23,24);8H,3-7H2,1-2H3. The Morgan fingerprint density at radius 1 is 1.09 bits per heavy atom. The maximum Gasteiger partial charge on any atom is 0.430 e. The molecule has 0 radical (unpaired) electrons. The van der Waals surface area contributed by atoms with E-state index in [4.69, 9.17) is 0 Å². The Labute approximate surface area is 191 Å². The summed E-state index contributed by atoms with van der Waals surface area (Å²) >= 11 is 0. The SMILES string of the molecule is CCCCC(CC)CF.O=C1Nc2nccc(-c3cc(C(F)(F)F)ccn3)c2C(C(F)(F)F)O1. The van der Waals surface area contributed by atoms with E-state index < -0.39 is 41.5 Å². The molecule has 0 aliphatic carbocycles. The highest BCUT2D eigenvalue weighted by Gasteiger charge is 2.49. The highest BCUT2D eigenvalue weighted by Crippen LogP contribution is 2.45. The van der Waals surface area contributed by atoms with Crippen LogP contribution in [0.3, 0.4) is 0 Å². The van der Waals surface area contributed by atoms with Gasteiger partial charge in [0.25, 0.3) is 0 Å². The summed E-state index contributed by atoms with van der Waals surface area (Å²) in [5.41, 5.74) is -2.32. The summed E-state index contributed by atoms with van der Waals surface area (Å²) in [6, 6.07) is 2.37. The van der Waals surface area contributed by atoms with E-state index in [-0.39, 0.29) is 17.9 Å².